The Balaban J connectivity index is 1.78. The number of aliphatic imine (C=N–C) groups is 1. The number of aliphatic hydroxyl groups excluding tert-OH is 4. The number of carbonyl (C=O) groups is 1. The summed E-state index contributed by atoms with van der Waals surface area (Å²) < 4.78 is 10.5. The molecule has 2 aliphatic rings. The lowest BCUT2D eigenvalue weighted by Gasteiger charge is -2.35. The van der Waals surface area contributed by atoms with Crippen LogP contribution < -0.4 is 5.73 Å². The third kappa shape index (κ3) is 7.41. The van der Waals surface area contributed by atoms with Crippen LogP contribution in [0.1, 0.15) is 33.1 Å². The molecular weight excluding hydrogens is 410 g/mol. The molecule has 11 nitrogen and oxygen atoms in total. The summed E-state index contributed by atoms with van der Waals surface area (Å²) in [5, 5.41) is 48.8. The molecule has 1 saturated heterocycles. The van der Waals surface area contributed by atoms with E-state index in [2.05, 4.69) is 4.99 Å². The minimum absolute atomic E-state index is 0.0421. The largest absolute Gasteiger partial charge is 0.481 e. The molecule has 11 heteroatoms. The number of carboxylic acids is 1. The molecule has 0 aromatic carbocycles. The lowest BCUT2D eigenvalue weighted by molar-refractivity contribution is -0.270. The lowest BCUT2D eigenvalue weighted by atomic mass is 9.94. The second-order valence-electron chi connectivity index (χ2n) is 8.33. The van der Waals surface area contributed by atoms with Gasteiger partial charge < -0.3 is 45.6 Å². The van der Waals surface area contributed by atoms with E-state index in [1.165, 1.54) is 0 Å². The summed E-state index contributed by atoms with van der Waals surface area (Å²) in [5.74, 6) is -1.38. The first-order valence-corrected chi connectivity index (χ1v) is 10.5. The number of allylic oxidation sites excluding steroid dienone is 2. The molecular formula is C20H35N3O8. The van der Waals surface area contributed by atoms with Crippen LogP contribution in [0.5, 0.6) is 0 Å². The third-order valence-electron chi connectivity index (χ3n) is 5.46. The number of β-amino-alcohol motifs (C(OH)–C–C–N with tert-alkyl or cyclic N) is 1. The Morgan fingerprint density at radius 2 is 2.03 bits per heavy atom. The van der Waals surface area contributed by atoms with Crippen molar-refractivity contribution in [3.8, 4) is 0 Å². The molecule has 1 fully saturated rings. The molecule has 0 amide bonds. The molecule has 0 radical (unpaired) electrons. The maximum atomic E-state index is 11.7. The first-order chi connectivity index (χ1) is 14.6. The van der Waals surface area contributed by atoms with E-state index in [-0.39, 0.29) is 32.1 Å². The van der Waals surface area contributed by atoms with Gasteiger partial charge in [-0.25, -0.2) is 4.99 Å². The van der Waals surface area contributed by atoms with Crippen LogP contribution in [0.15, 0.2) is 16.6 Å². The van der Waals surface area contributed by atoms with Gasteiger partial charge in [0, 0.05) is 13.1 Å². The van der Waals surface area contributed by atoms with Crippen molar-refractivity contribution in [2.75, 3.05) is 26.3 Å². The summed E-state index contributed by atoms with van der Waals surface area (Å²) in [6.45, 7) is 4.27. The Bertz CT molecular complexity index is 654. The highest BCUT2D eigenvalue weighted by molar-refractivity contribution is 5.81. The Labute approximate surface area is 181 Å². The van der Waals surface area contributed by atoms with Gasteiger partial charge in [-0.3, -0.25) is 4.79 Å². The number of hydrogen-bond donors (Lipinski definition) is 6. The van der Waals surface area contributed by atoms with E-state index in [9.17, 15) is 30.3 Å². The highest BCUT2D eigenvalue weighted by atomic mass is 16.7. The highest BCUT2D eigenvalue weighted by Gasteiger charge is 2.38. The van der Waals surface area contributed by atoms with Crippen LogP contribution >= 0.6 is 0 Å². The Morgan fingerprint density at radius 3 is 2.68 bits per heavy atom. The minimum atomic E-state index is -1.39. The van der Waals surface area contributed by atoms with Gasteiger partial charge in [0.05, 0.1) is 31.3 Å². The predicted molar refractivity (Wildman–Crippen MR) is 111 cm³/mol. The number of hydrogen-bond acceptors (Lipinski definition) is 10. The summed E-state index contributed by atoms with van der Waals surface area (Å²) in [6.07, 6.45) is -2.56. The van der Waals surface area contributed by atoms with Gasteiger partial charge in [-0.15, -0.1) is 0 Å². The summed E-state index contributed by atoms with van der Waals surface area (Å²) in [7, 11) is 0. The Kier molecular flexibility index (Phi) is 9.66. The van der Waals surface area contributed by atoms with E-state index >= 15 is 0 Å². The van der Waals surface area contributed by atoms with Gasteiger partial charge >= 0.3 is 5.97 Å². The van der Waals surface area contributed by atoms with Crippen LogP contribution in [0, 0.1) is 5.92 Å². The average molecular weight is 446 g/mol. The highest BCUT2D eigenvalue weighted by Crippen LogP contribution is 2.22. The fraction of sp³-hybridized carbons (Fsp3) is 0.800. The molecule has 0 bridgehead atoms. The van der Waals surface area contributed by atoms with Gasteiger partial charge in [0.2, 0.25) is 0 Å². The summed E-state index contributed by atoms with van der Waals surface area (Å²) in [4.78, 5) is 17.6. The Morgan fingerprint density at radius 1 is 1.32 bits per heavy atom. The van der Waals surface area contributed by atoms with Crippen molar-refractivity contribution >= 4 is 11.9 Å². The van der Waals surface area contributed by atoms with Crippen molar-refractivity contribution in [1.82, 2.24) is 4.90 Å². The smallest absolute Gasteiger partial charge is 0.308 e. The van der Waals surface area contributed by atoms with Gasteiger partial charge in [0.25, 0.3) is 0 Å². The number of ether oxygens (including phenoxy) is 2. The fourth-order valence-corrected chi connectivity index (χ4v) is 3.62. The van der Waals surface area contributed by atoms with Gasteiger partial charge in [0.1, 0.15) is 18.3 Å². The topological polar surface area (TPSA) is 178 Å². The van der Waals surface area contributed by atoms with E-state index in [0.717, 1.165) is 5.57 Å². The molecule has 7 unspecified atom stereocenters. The molecule has 7 atom stereocenters. The molecule has 0 aromatic rings. The second-order valence-corrected chi connectivity index (χ2v) is 8.33. The third-order valence-corrected chi connectivity index (χ3v) is 5.46. The van der Waals surface area contributed by atoms with Crippen LogP contribution in [0.2, 0.25) is 0 Å². The van der Waals surface area contributed by atoms with Crippen molar-refractivity contribution in [3.63, 3.8) is 0 Å². The Hall–Kier alpha value is -1.76. The van der Waals surface area contributed by atoms with Gasteiger partial charge in [-0.05, 0) is 33.1 Å². The first-order valence-electron chi connectivity index (χ1n) is 10.5. The minimum Gasteiger partial charge on any atom is -0.481 e. The van der Waals surface area contributed by atoms with Crippen LogP contribution in [0.4, 0.5) is 0 Å². The van der Waals surface area contributed by atoms with E-state index < -0.39 is 48.6 Å². The van der Waals surface area contributed by atoms with Crippen molar-refractivity contribution in [2.45, 2.75) is 69.9 Å². The lowest BCUT2D eigenvalue weighted by Crippen LogP contribution is -2.53. The molecule has 31 heavy (non-hydrogen) atoms. The number of guanidine groups is 1. The molecule has 178 valence electrons. The standard InChI is InChI=1S/C20H35N3O8/c1-11(2)4-3-5-13(18(28)29)14-9-23(20(21)22-14)8-12(24)6-7-30-19-17(27)16(26)15(25)10-31-19/h4,12-17,19,24-27H,3,5-10H2,1-2H3,(H2,21,22)(H,28,29). The molecule has 0 saturated carbocycles. The monoisotopic (exact) mass is 445 g/mol. The van der Waals surface area contributed by atoms with Gasteiger partial charge in [-0.2, -0.15) is 0 Å². The maximum absolute atomic E-state index is 11.7. The summed E-state index contributed by atoms with van der Waals surface area (Å²) in [6, 6.07) is -0.481. The summed E-state index contributed by atoms with van der Waals surface area (Å²) in [5.41, 5.74) is 7.08. The number of aliphatic carboxylic acids is 1. The average Bonchev–Trinajstić information content (AvgIpc) is 3.04. The van der Waals surface area contributed by atoms with Gasteiger partial charge in [0.15, 0.2) is 12.2 Å². The van der Waals surface area contributed by atoms with Gasteiger partial charge in [-0.1, -0.05) is 11.6 Å². The van der Waals surface area contributed by atoms with Crippen LogP contribution in [0.25, 0.3) is 0 Å². The first kappa shape index (κ1) is 25.5. The zero-order valence-corrected chi connectivity index (χ0v) is 18.0. The molecule has 0 aliphatic carbocycles. The molecule has 0 spiro atoms. The number of carboxylic acid groups (broad SMARTS) is 1. The fourth-order valence-electron chi connectivity index (χ4n) is 3.62. The van der Waals surface area contributed by atoms with Crippen molar-refractivity contribution in [3.05, 3.63) is 11.6 Å². The van der Waals surface area contributed by atoms with Crippen LogP contribution in [-0.4, -0.2) is 105 Å². The van der Waals surface area contributed by atoms with Crippen molar-refractivity contribution < 1.29 is 39.8 Å². The zero-order valence-electron chi connectivity index (χ0n) is 18.0. The SMILES string of the molecule is CC(C)=CCCC(C(=O)O)C1CN(CC(O)CCOC2OCC(O)C(O)C2O)C(N)=N1. The predicted octanol–water partition coefficient (Wildman–Crippen LogP) is -1.36. The van der Waals surface area contributed by atoms with E-state index in [1.807, 2.05) is 19.9 Å². The van der Waals surface area contributed by atoms with E-state index in [0.29, 0.717) is 19.4 Å². The molecule has 2 aliphatic heterocycles. The van der Waals surface area contributed by atoms with Crippen LogP contribution in [0.3, 0.4) is 0 Å². The van der Waals surface area contributed by atoms with Crippen molar-refractivity contribution in [1.29, 1.82) is 0 Å². The number of aliphatic hydroxyl groups is 4. The molecule has 7 N–H and O–H groups in total. The normalized spacial score (nSPS) is 30.6. The molecule has 2 heterocycles. The number of nitrogens with zero attached hydrogens (tertiary/aromatic N) is 2. The van der Waals surface area contributed by atoms with E-state index in [1.54, 1.807) is 4.90 Å². The van der Waals surface area contributed by atoms with Crippen LogP contribution in [-0.2, 0) is 14.3 Å². The quantitative estimate of drug-likeness (QED) is 0.208. The van der Waals surface area contributed by atoms with E-state index in [4.69, 9.17) is 15.2 Å². The molecule has 2 rings (SSSR count). The number of rotatable bonds is 11. The maximum Gasteiger partial charge on any atom is 0.308 e. The van der Waals surface area contributed by atoms with Crippen molar-refractivity contribution in [2.24, 2.45) is 16.6 Å². The molecule has 0 aromatic heterocycles. The zero-order chi connectivity index (χ0) is 23.1. The summed E-state index contributed by atoms with van der Waals surface area (Å²) >= 11 is 0. The number of nitrogens with two attached hydrogens (primary N) is 1. The second kappa shape index (κ2) is 11.7.